The molecule has 24 heavy (non-hydrogen) atoms. The number of carbonyl (C=O) groups excluding carboxylic acids is 2. The zero-order chi connectivity index (χ0) is 19.4. The lowest BCUT2D eigenvalue weighted by molar-refractivity contribution is -0.142. The van der Waals surface area contributed by atoms with Gasteiger partial charge in [-0.25, -0.2) is 0 Å². The molecule has 0 amide bonds. The van der Waals surface area contributed by atoms with Crippen LogP contribution < -0.4 is 0 Å². The molecule has 0 bridgehead atoms. The number of hydrogen-bond donors (Lipinski definition) is 10. The van der Waals surface area contributed by atoms with Crippen molar-refractivity contribution in [3.63, 3.8) is 0 Å². The van der Waals surface area contributed by atoms with Gasteiger partial charge in [-0.2, -0.15) is 0 Å². The van der Waals surface area contributed by atoms with E-state index in [0.717, 1.165) is 0 Å². The summed E-state index contributed by atoms with van der Waals surface area (Å²) in [4.78, 5) is 20.4. The minimum Gasteiger partial charge on any atom is -0.394 e. The van der Waals surface area contributed by atoms with Crippen LogP contribution in [0, 0.1) is 0 Å². The van der Waals surface area contributed by atoms with Crippen molar-refractivity contribution in [2.75, 3.05) is 19.8 Å². The van der Waals surface area contributed by atoms with Gasteiger partial charge in [0.1, 0.15) is 49.3 Å². The second kappa shape index (κ2) is 13.3. The smallest absolute Gasteiger partial charge is 0.189 e. The summed E-state index contributed by atoms with van der Waals surface area (Å²) in [6, 6.07) is 0. The van der Waals surface area contributed by atoms with Gasteiger partial charge in [-0.15, -0.1) is 0 Å². The summed E-state index contributed by atoms with van der Waals surface area (Å²) < 4.78 is 0. The van der Waals surface area contributed by atoms with Crippen LogP contribution in [-0.4, -0.2) is 126 Å². The van der Waals surface area contributed by atoms with E-state index in [1.54, 1.807) is 0 Å². The van der Waals surface area contributed by atoms with Crippen molar-refractivity contribution >= 4 is 12.1 Å². The third-order valence-corrected chi connectivity index (χ3v) is 2.81. The van der Waals surface area contributed by atoms with Gasteiger partial charge in [-0.1, -0.05) is 0 Å². The lowest BCUT2D eigenvalue weighted by atomic mass is 10.0. The van der Waals surface area contributed by atoms with Crippen molar-refractivity contribution < 1.29 is 60.7 Å². The molecule has 0 rings (SSSR count). The van der Waals surface area contributed by atoms with E-state index in [2.05, 4.69) is 0 Å². The molecule has 7 atom stereocenters. The number of ketones is 1. The van der Waals surface area contributed by atoms with Crippen LogP contribution in [0.3, 0.4) is 0 Å². The van der Waals surface area contributed by atoms with Crippen LogP contribution in [0.4, 0.5) is 0 Å². The molecule has 0 saturated carbocycles. The highest BCUT2D eigenvalue weighted by Gasteiger charge is 2.30. The molecule has 0 heterocycles. The van der Waals surface area contributed by atoms with Gasteiger partial charge in [0.15, 0.2) is 12.1 Å². The van der Waals surface area contributed by atoms with Crippen molar-refractivity contribution in [2.45, 2.75) is 42.7 Å². The largest absolute Gasteiger partial charge is 0.394 e. The van der Waals surface area contributed by atoms with E-state index in [-0.39, 0.29) is 6.29 Å². The Labute approximate surface area is 136 Å². The maximum atomic E-state index is 10.5. The van der Waals surface area contributed by atoms with Crippen molar-refractivity contribution in [1.82, 2.24) is 0 Å². The summed E-state index contributed by atoms with van der Waals surface area (Å²) in [6.45, 7) is -2.45. The SMILES string of the molecule is O=C(CO)[C@H](O)[C@H](O)[C@H](O)CO.O=C[C@H](O)[C@H](O)[C@H](O)[C@H](O)CO. The molecule has 0 aromatic heterocycles. The summed E-state index contributed by atoms with van der Waals surface area (Å²) >= 11 is 0. The summed E-state index contributed by atoms with van der Waals surface area (Å²) in [5.74, 6) is -1.00. The first kappa shape index (κ1) is 25.2. The highest BCUT2D eigenvalue weighted by molar-refractivity contribution is 5.84. The Bertz CT molecular complexity index is 351. The first-order valence-corrected chi connectivity index (χ1v) is 6.65. The molecule has 0 aliphatic heterocycles. The summed E-state index contributed by atoms with van der Waals surface area (Å²) in [5, 5.41) is 86.6. The van der Waals surface area contributed by atoms with Crippen LogP contribution >= 0.6 is 0 Å². The Morgan fingerprint density at radius 1 is 0.750 bits per heavy atom. The van der Waals surface area contributed by atoms with Crippen molar-refractivity contribution in [2.24, 2.45) is 0 Å². The molecular formula is C12H24O12. The van der Waals surface area contributed by atoms with E-state index in [4.69, 9.17) is 51.1 Å². The van der Waals surface area contributed by atoms with Gasteiger partial charge in [0.05, 0.1) is 13.2 Å². The molecule has 10 N–H and O–H groups in total. The minimum atomic E-state index is -1.86. The highest BCUT2D eigenvalue weighted by atomic mass is 16.4. The normalized spacial score (nSPS) is 19.8. The Hall–Kier alpha value is -1.06. The second-order valence-corrected chi connectivity index (χ2v) is 4.67. The summed E-state index contributed by atoms with van der Waals surface area (Å²) in [7, 11) is 0. The molecule has 0 aliphatic carbocycles. The topological polar surface area (TPSA) is 236 Å². The van der Waals surface area contributed by atoms with Crippen LogP contribution in [-0.2, 0) is 9.59 Å². The zero-order valence-corrected chi connectivity index (χ0v) is 12.5. The van der Waals surface area contributed by atoms with Gasteiger partial charge < -0.3 is 55.9 Å². The standard InChI is InChI=1S/2C6H12O6/c2*7-1-3(9)5(11)6(12)4(10)2-8/h3,5-9,11-12H,1-2H2;1,3-6,8-12H,2H2/t3-,5-,6+;3-,4+,5-,6+/m10/s1. The molecule has 12 nitrogen and oxygen atoms in total. The van der Waals surface area contributed by atoms with Gasteiger partial charge in [0, 0.05) is 0 Å². The molecule has 0 aromatic carbocycles. The molecule has 12 heteroatoms. The van der Waals surface area contributed by atoms with E-state index in [1.807, 2.05) is 0 Å². The molecule has 0 fully saturated rings. The Balaban J connectivity index is 0. The number of aldehydes is 1. The fourth-order valence-electron chi connectivity index (χ4n) is 1.22. The maximum absolute atomic E-state index is 10.5. The van der Waals surface area contributed by atoms with Gasteiger partial charge >= 0.3 is 0 Å². The third kappa shape index (κ3) is 8.70. The average Bonchev–Trinajstić information content (AvgIpc) is 2.62. The lowest BCUT2D eigenvalue weighted by Crippen LogP contribution is -2.46. The van der Waals surface area contributed by atoms with E-state index in [9.17, 15) is 9.59 Å². The number of aliphatic hydroxyl groups is 10. The fourth-order valence-corrected chi connectivity index (χ4v) is 1.22. The van der Waals surface area contributed by atoms with E-state index >= 15 is 0 Å². The van der Waals surface area contributed by atoms with Crippen LogP contribution in [0.5, 0.6) is 0 Å². The minimum absolute atomic E-state index is 0.0258. The monoisotopic (exact) mass is 360 g/mol. The van der Waals surface area contributed by atoms with E-state index < -0.39 is 68.3 Å². The third-order valence-electron chi connectivity index (χ3n) is 2.81. The molecule has 0 unspecified atom stereocenters. The highest BCUT2D eigenvalue weighted by Crippen LogP contribution is 2.03. The zero-order valence-electron chi connectivity index (χ0n) is 12.5. The van der Waals surface area contributed by atoms with Gasteiger partial charge in [0.2, 0.25) is 0 Å². The number of rotatable bonds is 10. The number of aliphatic hydroxyl groups excluding tert-OH is 10. The fraction of sp³-hybridized carbons (Fsp3) is 0.833. The van der Waals surface area contributed by atoms with E-state index in [1.165, 1.54) is 0 Å². The first-order chi connectivity index (χ1) is 11.1. The maximum Gasteiger partial charge on any atom is 0.189 e. The molecule has 0 aromatic rings. The molecule has 0 saturated heterocycles. The van der Waals surface area contributed by atoms with Gasteiger partial charge in [-0.05, 0) is 0 Å². The molecular weight excluding hydrogens is 336 g/mol. The number of carbonyl (C=O) groups is 2. The van der Waals surface area contributed by atoms with Crippen LogP contribution in [0.25, 0.3) is 0 Å². The van der Waals surface area contributed by atoms with Crippen molar-refractivity contribution in [3.8, 4) is 0 Å². The van der Waals surface area contributed by atoms with Crippen LogP contribution in [0.15, 0.2) is 0 Å². The Kier molecular flexibility index (Phi) is 13.9. The summed E-state index contributed by atoms with van der Waals surface area (Å²) in [5.41, 5.74) is 0. The van der Waals surface area contributed by atoms with Crippen molar-refractivity contribution in [1.29, 1.82) is 0 Å². The lowest BCUT2D eigenvalue weighted by Gasteiger charge is -2.22. The molecule has 0 radical (unpaired) electrons. The van der Waals surface area contributed by atoms with Gasteiger partial charge in [0.25, 0.3) is 0 Å². The van der Waals surface area contributed by atoms with Gasteiger partial charge in [-0.3, -0.25) is 4.79 Å². The predicted molar refractivity (Wildman–Crippen MR) is 74.4 cm³/mol. The quantitative estimate of drug-likeness (QED) is 0.164. The second-order valence-electron chi connectivity index (χ2n) is 4.67. The predicted octanol–water partition coefficient (Wildman–Crippen LogP) is -6.76. The van der Waals surface area contributed by atoms with Crippen LogP contribution in [0.2, 0.25) is 0 Å². The molecule has 0 aliphatic rings. The van der Waals surface area contributed by atoms with Crippen molar-refractivity contribution in [3.05, 3.63) is 0 Å². The Morgan fingerprint density at radius 2 is 1.17 bits per heavy atom. The first-order valence-electron chi connectivity index (χ1n) is 6.65. The Morgan fingerprint density at radius 3 is 1.50 bits per heavy atom. The van der Waals surface area contributed by atoms with Crippen LogP contribution in [0.1, 0.15) is 0 Å². The molecule has 144 valence electrons. The summed E-state index contributed by atoms with van der Waals surface area (Å²) in [6.07, 6.45) is -12.1. The van der Waals surface area contributed by atoms with E-state index in [0.29, 0.717) is 0 Å². The molecule has 0 spiro atoms. The average molecular weight is 360 g/mol. The number of hydrogen-bond acceptors (Lipinski definition) is 12. The number of Topliss-reactive ketones (excluding diaryl/α,β-unsaturated/α-hetero) is 1.